The van der Waals surface area contributed by atoms with E-state index >= 15 is 0 Å². The third-order valence-electron chi connectivity index (χ3n) is 2.41. The molecule has 0 aliphatic carbocycles. The molecule has 4 nitrogen and oxygen atoms in total. The first-order valence-corrected chi connectivity index (χ1v) is 7.12. The molecule has 1 aromatic carbocycles. The zero-order chi connectivity index (χ0) is 12.3. The van der Waals surface area contributed by atoms with Crippen LogP contribution in [0, 0.1) is 3.57 Å². The second-order valence-electron chi connectivity index (χ2n) is 3.68. The summed E-state index contributed by atoms with van der Waals surface area (Å²) in [4.78, 5) is 11.9. The van der Waals surface area contributed by atoms with Gasteiger partial charge in [-0.1, -0.05) is 0 Å². The molecule has 6 heteroatoms. The number of halogens is 2. The van der Waals surface area contributed by atoms with Crippen molar-refractivity contribution in [3.8, 4) is 0 Å². The molecule has 1 amide bonds. The molecule has 0 aromatic heterocycles. The molecule has 0 saturated carbocycles. The van der Waals surface area contributed by atoms with E-state index in [1.54, 1.807) is 0 Å². The summed E-state index contributed by atoms with van der Waals surface area (Å²) in [5, 5.41) is 5.98. The fourth-order valence-corrected chi connectivity index (χ4v) is 2.29. The van der Waals surface area contributed by atoms with Crippen molar-refractivity contribution in [1.82, 2.24) is 5.32 Å². The normalized spacial score (nSPS) is 20.0. The van der Waals surface area contributed by atoms with Gasteiger partial charge in [0.05, 0.1) is 6.61 Å². The van der Waals surface area contributed by atoms with Crippen LogP contribution in [0.1, 0.15) is 0 Å². The molecule has 2 rings (SSSR count). The molecule has 1 aromatic rings. The predicted octanol–water partition coefficient (Wildman–Crippen LogP) is 1.98. The van der Waals surface area contributed by atoms with Crippen molar-refractivity contribution in [3.05, 3.63) is 26.2 Å². The maximum atomic E-state index is 11.9. The highest BCUT2D eigenvalue weighted by Gasteiger charge is 2.21. The molecule has 1 heterocycles. The van der Waals surface area contributed by atoms with Crippen molar-refractivity contribution < 1.29 is 9.53 Å². The van der Waals surface area contributed by atoms with Crippen LogP contribution in [-0.4, -0.2) is 31.7 Å². The van der Waals surface area contributed by atoms with E-state index in [1.807, 2.05) is 18.2 Å². The van der Waals surface area contributed by atoms with Crippen molar-refractivity contribution in [1.29, 1.82) is 0 Å². The zero-order valence-corrected chi connectivity index (χ0v) is 12.7. The van der Waals surface area contributed by atoms with Gasteiger partial charge in [-0.2, -0.15) is 0 Å². The molecule has 0 bridgehead atoms. The van der Waals surface area contributed by atoms with Gasteiger partial charge in [-0.25, -0.2) is 0 Å². The van der Waals surface area contributed by atoms with Crippen LogP contribution in [0.15, 0.2) is 22.7 Å². The highest BCUT2D eigenvalue weighted by molar-refractivity contribution is 14.1. The SMILES string of the molecule is O=C(Nc1ccc(Br)c(I)c1)C1CNCCO1. The van der Waals surface area contributed by atoms with Gasteiger partial charge in [0.2, 0.25) is 0 Å². The highest BCUT2D eigenvalue weighted by atomic mass is 127. The Kier molecular flexibility index (Phi) is 4.78. The smallest absolute Gasteiger partial charge is 0.254 e. The van der Waals surface area contributed by atoms with Crippen molar-refractivity contribution in [3.63, 3.8) is 0 Å². The number of carbonyl (C=O) groups is 1. The Bertz CT molecular complexity index is 422. The van der Waals surface area contributed by atoms with Gasteiger partial charge >= 0.3 is 0 Å². The number of hydrogen-bond donors (Lipinski definition) is 2. The van der Waals surface area contributed by atoms with E-state index in [1.165, 1.54) is 0 Å². The molecule has 1 aliphatic heterocycles. The fraction of sp³-hybridized carbons (Fsp3) is 0.364. The first-order chi connectivity index (χ1) is 8.16. The Morgan fingerprint density at radius 3 is 3.06 bits per heavy atom. The zero-order valence-electron chi connectivity index (χ0n) is 9.00. The van der Waals surface area contributed by atoms with E-state index in [4.69, 9.17) is 4.74 Å². The number of morpholine rings is 1. The Balaban J connectivity index is 1.99. The van der Waals surface area contributed by atoms with E-state index in [-0.39, 0.29) is 5.91 Å². The fourth-order valence-electron chi connectivity index (χ4n) is 1.53. The van der Waals surface area contributed by atoms with E-state index in [9.17, 15) is 4.79 Å². The lowest BCUT2D eigenvalue weighted by Crippen LogP contribution is -2.45. The maximum Gasteiger partial charge on any atom is 0.254 e. The summed E-state index contributed by atoms with van der Waals surface area (Å²) in [5.74, 6) is -0.102. The maximum absolute atomic E-state index is 11.9. The quantitative estimate of drug-likeness (QED) is 0.733. The first kappa shape index (κ1) is 13.3. The van der Waals surface area contributed by atoms with Gasteiger partial charge < -0.3 is 15.4 Å². The van der Waals surface area contributed by atoms with E-state index in [0.29, 0.717) is 13.2 Å². The molecule has 17 heavy (non-hydrogen) atoms. The third kappa shape index (κ3) is 3.64. The molecular formula is C11H12BrIN2O2. The molecule has 1 unspecified atom stereocenters. The lowest BCUT2D eigenvalue weighted by Gasteiger charge is -2.22. The molecule has 1 fully saturated rings. The van der Waals surface area contributed by atoms with Crippen LogP contribution < -0.4 is 10.6 Å². The van der Waals surface area contributed by atoms with Crippen molar-refractivity contribution in [2.45, 2.75) is 6.10 Å². The number of ether oxygens (including phenoxy) is 1. The monoisotopic (exact) mass is 410 g/mol. The molecule has 0 radical (unpaired) electrons. The summed E-state index contributed by atoms with van der Waals surface area (Å²) in [6, 6.07) is 5.69. The van der Waals surface area contributed by atoms with Gasteiger partial charge in [-0.3, -0.25) is 4.79 Å². The Morgan fingerprint density at radius 2 is 2.41 bits per heavy atom. The highest BCUT2D eigenvalue weighted by Crippen LogP contribution is 2.22. The second-order valence-corrected chi connectivity index (χ2v) is 5.70. The van der Waals surface area contributed by atoms with Gasteiger partial charge in [0, 0.05) is 26.8 Å². The largest absolute Gasteiger partial charge is 0.366 e. The number of anilines is 1. The van der Waals surface area contributed by atoms with Crippen LogP contribution in [0.4, 0.5) is 5.69 Å². The van der Waals surface area contributed by atoms with Gasteiger partial charge in [0.25, 0.3) is 5.91 Å². The molecule has 0 spiro atoms. The van der Waals surface area contributed by atoms with Crippen LogP contribution in [0.5, 0.6) is 0 Å². The molecule has 1 saturated heterocycles. The number of rotatable bonds is 2. The van der Waals surface area contributed by atoms with E-state index in [2.05, 4.69) is 49.2 Å². The summed E-state index contributed by atoms with van der Waals surface area (Å²) in [7, 11) is 0. The molecule has 92 valence electrons. The van der Waals surface area contributed by atoms with Crippen LogP contribution in [0.25, 0.3) is 0 Å². The number of nitrogens with one attached hydrogen (secondary N) is 2. The Labute approximate surface area is 122 Å². The van der Waals surface area contributed by atoms with Gasteiger partial charge in [-0.15, -0.1) is 0 Å². The Morgan fingerprint density at radius 1 is 1.59 bits per heavy atom. The lowest BCUT2D eigenvalue weighted by atomic mass is 10.2. The van der Waals surface area contributed by atoms with Crippen LogP contribution in [0.3, 0.4) is 0 Å². The predicted molar refractivity (Wildman–Crippen MR) is 78.1 cm³/mol. The topological polar surface area (TPSA) is 50.4 Å². The summed E-state index contributed by atoms with van der Waals surface area (Å²) in [6.07, 6.45) is -0.398. The minimum Gasteiger partial charge on any atom is -0.366 e. The standard InChI is InChI=1S/C11H12BrIN2O2/c12-8-2-1-7(5-9(8)13)15-11(16)10-6-14-3-4-17-10/h1-2,5,10,14H,3-4,6H2,(H,15,16). The van der Waals surface area contributed by atoms with Crippen LogP contribution in [-0.2, 0) is 9.53 Å². The summed E-state index contributed by atoms with van der Waals surface area (Å²) < 4.78 is 7.46. The minimum atomic E-state index is -0.398. The summed E-state index contributed by atoms with van der Waals surface area (Å²) >= 11 is 5.63. The summed E-state index contributed by atoms with van der Waals surface area (Å²) in [6.45, 7) is 1.95. The molecular weight excluding hydrogens is 399 g/mol. The number of hydrogen-bond acceptors (Lipinski definition) is 3. The molecule has 1 aliphatic rings. The van der Waals surface area contributed by atoms with Crippen molar-refractivity contribution >= 4 is 50.1 Å². The number of amides is 1. The summed E-state index contributed by atoms with van der Waals surface area (Å²) in [5.41, 5.74) is 0.789. The molecule has 1 atom stereocenters. The first-order valence-electron chi connectivity index (χ1n) is 5.25. The van der Waals surface area contributed by atoms with Crippen LogP contribution in [0.2, 0.25) is 0 Å². The number of benzene rings is 1. The lowest BCUT2D eigenvalue weighted by molar-refractivity contribution is -0.128. The average molecular weight is 411 g/mol. The Hall–Kier alpha value is -0.180. The minimum absolute atomic E-state index is 0.102. The average Bonchev–Trinajstić information content (AvgIpc) is 2.35. The van der Waals surface area contributed by atoms with Gasteiger partial charge in [-0.05, 0) is 56.7 Å². The van der Waals surface area contributed by atoms with Crippen molar-refractivity contribution in [2.75, 3.05) is 25.0 Å². The molecule has 2 N–H and O–H groups in total. The van der Waals surface area contributed by atoms with Gasteiger partial charge in [0.1, 0.15) is 6.10 Å². The number of carbonyl (C=O) groups excluding carboxylic acids is 1. The third-order valence-corrected chi connectivity index (χ3v) is 4.73. The second kappa shape index (κ2) is 6.12. The van der Waals surface area contributed by atoms with E-state index < -0.39 is 6.10 Å². The van der Waals surface area contributed by atoms with Crippen LogP contribution >= 0.6 is 38.5 Å². The van der Waals surface area contributed by atoms with Crippen molar-refractivity contribution in [2.24, 2.45) is 0 Å². The van der Waals surface area contributed by atoms with Gasteiger partial charge in [0.15, 0.2) is 0 Å². The van der Waals surface area contributed by atoms with E-state index in [0.717, 1.165) is 20.3 Å².